The molecule has 0 saturated heterocycles. The highest BCUT2D eigenvalue weighted by molar-refractivity contribution is 7.80. The second kappa shape index (κ2) is 7.43. The van der Waals surface area contributed by atoms with Crippen LogP contribution in [0.1, 0.15) is 45.6 Å². The van der Waals surface area contributed by atoms with E-state index in [9.17, 15) is 4.39 Å². The maximum atomic E-state index is 13.3. The Morgan fingerprint density at radius 1 is 1.37 bits per heavy atom. The van der Waals surface area contributed by atoms with E-state index in [0.717, 1.165) is 18.7 Å². The van der Waals surface area contributed by atoms with E-state index in [-0.39, 0.29) is 10.8 Å². The minimum atomic E-state index is -0.302. The van der Waals surface area contributed by atoms with Crippen molar-refractivity contribution in [2.75, 3.05) is 11.4 Å². The van der Waals surface area contributed by atoms with Crippen molar-refractivity contribution in [1.29, 1.82) is 0 Å². The van der Waals surface area contributed by atoms with Gasteiger partial charge in [0.25, 0.3) is 0 Å². The molecule has 0 aromatic heterocycles. The van der Waals surface area contributed by atoms with Crippen molar-refractivity contribution in [3.63, 3.8) is 0 Å². The van der Waals surface area contributed by atoms with Gasteiger partial charge in [0.1, 0.15) is 10.8 Å². The highest BCUT2D eigenvalue weighted by atomic mass is 32.1. The molecule has 0 heterocycles. The molecule has 0 aliphatic carbocycles. The van der Waals surface area contributed by atoms with Crippen molar-refractivity contribution in [1.82, 2.24) is 0 Å². The summed E-state index contributed by atoms with van der Waals surface area (Å²) in [6.45, 7) is 7.36. The third-order valence-corrected chi connectivity index (χ3v) is 3.38. The molecule has 0 amide bonds. The summed E-state index contributed by atoms with van der Waals surface area (Å²) < 4.78 is 13.3. The van der Waals surface area contributed by atoms with E-state index >= 15 is 0 Å². The van der Waals surface area contributed by atoms with Gasteiger partial charge in [0, 0.05) is 23.8 Å². The Labute approximate surface area is 120 Å². The van der Waals surface area contributed by atoms with Crippen molar-refractivity contribution in [3.05, 3.63) is 29.6 Å². The molecular weight excluding hydrogens is 259 g/mol. The largest absolute Gasteiger partial charge is 0.389 e. The van der Waals surface area contributed by atoms with Gasteiger partial charge in [-0.25, -0.2) is 4.39 Å². The van der Waals surface area contributed by atoms with Gasteiger partial charge in [-0.05, 0) is 38.5 Å². The average molecular weight is 282 g/mol. The molecule has 0 fully saturated rings. The molecule has 19 heavy (non-hydrogen) atoms. The summed E-state index contributed by atoms with van der Waals surface area (Å²) in [4.78, 5) is 2.49. The summed E-state index contributed by atoms with van der Waals surface area (Å²) in [5.74, 6) is -0.302. The van der Waals surface area contributed by atoms with Gasteiger partial charge >= 0.3 is 0 Å². The fraction of sp³-hybridized carbons (Fsp3) is 0.533. The first-order valence-corrected chi connectivity index (χ1v) is 7.24. The lowest BCUT2D eigenvalue weighted by molar-refractivity contribution is 0.616. The van der Waals surface area contributed by atoms with E-state index < -0.39 is 0 Å². The number of thiocarbonyl (C=S) groups is 1. The number of benzene rings is 1. The Bertz CT molecular complexity index is 432. The molecule has 0 unspecified atom stereocenters. The zero-order chi connectivity index (χ0) is 14.4. The van der Waals surface area contributed by atoms with Crippen LogP contribution in [-0.4, -0.2) is 17.6 Å². The van der Waals surface area contributed by atoms with Gasteiger partial charge < -0.3 is 10.6 Å². The molecule has 2 N–H and O–H groups in total. The van der Waals surface area contributed by atoms with Crippen LogP contribution in [-0.2, 0) is 0 Å². The van der Waals surface area contributed by atoms with Gasteiger partial charge in [-0.1, -0.05) is 32.0 Å². The first kappa shape index (κ1) is 15.9. The van der Waals surface area contributed by atoms with Crippen molar-refractivity contribution < 1.29 is 4.39 Å². The summed E-state index contributed by atoms with van der Waals surface area (Å²) in [5.41, 5.74) is 7.27. The molecule has 0 atom stereocenters. The lowest BCUT2D eigenvalue weighted by atomic mass is 10.1. The number of hydrogen-bond acceptors (Lipinski definition) is 2. The van der Waals surface area contributed by atoms with Gasteiger partial charge in [-0.15, -0.1) is 0 Å². The second-order valence-electron chi connectivity index (χ2n) is 5.02. The van der Waals surface area contributed by atoms with Crippen LogP contribution in [0.3, 0.4) is 0 Å². The number of unbranched alkanes of at least 4 members (excludes halogenated alkanes) is 2. The van der Waals surface area contributed by atoms with Crippen molar-refractivity contribution in [2.45, 2.75) is 46.1 Å². The monoisotopic (exact) mass is 282 g/mol. The van der Waals surface area contributed by atoms with E-state index in [1.54, 1.807) is 6.07 Å². The summed E-state index contributed by atoms with van der Waals surface area (Å²) in [5, 5.41) is 0. The topological polar surface area (TPSA) is 29.3 Å². The highest BCUT2D eigenvalue weighted by Gasteiger charge is 2.16. The molecule has 1 aromatic rings. The van der Waals surface area contributed by atoms with Crippen LogP contribution in [0.2, 0.25) is 0 Å². The average Bonchev–Trinajstić information content (AvgIpc) is 2.35. The fourth-order valence-corrected chi connectivity index (χ4v) is 2.31. The molecule has 0 aliphatic heterocycles. The highest BCUT2D eigenvalue weighted by Crippen LogP contribution is 2.24. The fourth-order valence-electron chi connectivity index (χ4n) is 2.15. The molecule has 1 rings (SSSR count). The third kappa shape index (κ3) is 4.46. The number of nitrogens with zero attached hydrogens (tertiary/aromatic N) is 1. The van der Waals surface area contributed by atoms with Gasteiger partial charge in [-0.2, -0.15) is 0 Å². The molecule has 0 bridgehead atoms. The van der Waals surface area contributed by atoms with E-state index in [0.29, 0.717) is 11.6 Å². The predicted octanol–water partition coefficient (Wildman–Crippen LogP) is 3.86. The van der Waals surface area contributed by atoms with E-state index in [1.807, 2.05) is 0 Å². The van der Waals surface area contributed by atoms with Crippen LogP contribution >= 0.6 is 12.2 Å². The van der Waals surface area contributed by atoms with Gasteiger partial charge in [0.05, 0.1) is 0 Å². The maximum absolute atomic E-state index is 13.3. The standard InChI is InChI=1S/C15H23FN2S/c1-4-5-6-9-18(11(2)3)14-8-7-12(16)10-13(14)15(17)19/h7-8,10-11H,4-6,9H2,1-3H3,(H2,17,19). The Hall–Kier alpha value is -1.16. The van der Waals surface area contributed by atoms with Crippen LogP contribution < -0.4 is 10.6 Å². The number of halogens is 1. The Balaban J connectivity index is 3.04. The van der Waals surface area contributed by atoms with E-state index in [4.69, 9.17) is 18.0 Å². The first-order valence-electron chi connectivity index (χ1n) is 6.83. The van der Waals surface area contributed by atoms with Gasteiger partial charge in [0.15, 0.2) is 0 Å². The smallest absolute Gasteiger partial charge is 0.124 e. The van der Waals surface area contributed by atoms with Crippen LogP contribution in [0, 0.1) is 5.82 Å². The molecule has 1 aromatic carbocycles. The number of anilines is 1. The van der Waals surface area contributed by atoms with Crippen LogP contribution in [0.4, 0.5) is 10.1 Å². The zero-order valence-electron chi connectivity index (χ0n) is 11.9. The molecular formula is C15H23FN2S. The zero-order valence-corrected chi connectivity index (χ0v) is 12.8. The minimum absolute atomic E-state index is 0.246. The predicted molar refractivity (Wildman–Crippen MR) is 84.3 cm³/mol. The lowest BCUT2D eigenvalue weighted by Gasteiger charge is -2.31. The first-order chi connectivity index (χ1) is 8.97. The van der Waals surface area contributed by atoms with Crippen LogP contribution in [0.25, 0.3) is 0 Å². The summed E-state index contributed by atoms with van der Waals surface area (Å²) in [7, 11) is 0. The maximum Gasteiger partial charge on any atom is 0.124 e. The Morgan fingerprint density at radius 3 is 2.58 bits per heavy atom. The second-order valence-corrected chi connectivity index (χ2v) is 5.46. The third-order valence-electron chi connectivity index (χ3n) is 3.16. The minimum Gasteiger partial charge on any atom is -0.389 e. The Kier molecular flexibility index (Phi) is 6.22. The van der Waals surface area contributed by atoms with Crippen molar-refractivity contribution in [3.8, 4) is 0 Å². The number of hydrogen-bond donors (Lipinski definition) is 1. The number of rotatable bonds is 7. The summed E-state index contributed by atoms with van der Waals surface area (Å²) in [6, 6.07) is 4.99. The van der Waals surface area contributed by atoms with Gasteiger partial charge in [-0.3, -0.25) is 0 Å². The molecule has 0 spiro atoms. The van der Waals surface area contributed by atoms with Crippen LogP contribution in [0.15, 0.2) is 18.2 Å². The lowest BCUT2D eigenvalue weighted by Crippen LogP contribution is -2.33. The Morgan fingerprint density at radius 2 is 2.05 bits per heavy atom. The van der Waals surface area contributed by atoms with Crippen molar-refractivity contribution >= 4 is 22.9 Å². The quantitative estimate of drug-likeness (QED) is 0.608. The van der Waals surface area contributed by atoms with E-state index in [2.05, 4.69) is 25.7 Å². The SMILES string of the molecule is CCCCCN(c1ccc(F)cc1C(N)=S)C(C)C. The van der Waals surface area contributed by atoms with Gasteiger partial charge in [0.2, 0.25) is 0 Å². The van der Waals surface area contributed by atoms with E-state index in [1.165, 1.54) is 25.0 Å². The molecule has 0 saturated carbocycles. The summed E-state index contributed by atoms with van der Waals surface area (Å²) in [6.07, 6.45) is 3.48. The molecule has 0 radical (unpaired) electrons. The van der Waals surface area contributed by atoms with Crippen LogP contribution in [0.5, 0.6) is 0 Å². The molecule has 2 nitrogen and oxygen atoms in total. The normalized spacial score (nSPS) is 10.8. The van der Waals surface area contributed by atoms with Crippen molar-refractivity contribution in [2.24, 2.45) is 5.73 Å². The number of nitrogens with two attached hydrogens (primary N) is 1. The molecule has 0 aliphatic rings. The molecule has 106 valence electrons. The molecule has 4 heteroatoms. The summed E-state index contributed by atoms with van der Waals surface area (Å²) >= 11 is 5.03.